The minimum atomic E-state index is 0.0916. The quantitative estimate of drug-likeness (QED) is 0.358. The van der Waals surface area contributed by atoms with Crippen molar-refractivity contribution >= 4 is 16.7 Å². The first-order valence-corrected chi connectivity index (χ1v) is 12.3. The van der Waals surface area contributed by atoms with Crippen LogP contribution in [0.2, 0.25) is 0 Å². The molecular weight excluding hydrogens is 450 g/mol. The van der Waals surface area contributed by atoms with Crippen LogP contribution >= 0.6 is 0 Å². The van der Waals surface area contributed by atoms with Crippen LogP contribution in [0.1, 0.15) is 21.8 Å². The maximum Gasteiger partial charge on any atom is 0.256 e. The van der Waals surface area contributed by atoms with Gasteiger partial charge in [-0.3, -0.25) is 4.79 Å². The van der Waals surface area contributed by atoms with Crippen LogP contribution in [0.4, 0.5) is 0 Å². The number of carbonyl (C=O) groups is 1. The molecule has 0 spiro atoms. The summed E-state index contributed by atoms with van der Waals surface area (Å²) < 4.78 is 9.72. The molecule has 36 heavy (non-hydrogen) atoms. The van der Waals surface area contributed by atoms with Gasteiger partial charge in [-0.05, 0) is 35.5 Å². The fourth-order valence-corrected chi connectivity index (χ4v) is 5.00. The third-order valence-corrected chi connectivity index (χ3v) is 7.03. The lowest BCUT2D eigenvalue weighted by molar-refractivity contribution is 0.0665. The number of amides is 1. The van der Waals surface area contributed by atoms with Crippen LogP contribution in [0, 0.1) is 0 Å². The summed E-state index contributed by atoms with van der Waals surface area (Å²) in [5, 5.41) is 2.31. The van der Waals surface area contributed by atoms with E-state index in [1.807, 2.05) is 41.8 Å². The molecule has 1 aliphatic heterocycles. The minimum Gasteiger partial charge on any atom is -0.467 e. The van der Waals surface area contributed by atoms with Crippen LogP contribution in [0.5, 0.6) is 0 Å². The number of nitrogens with zero attached hydrogens (tertiary/aromatic N) is 5. The van der Waals surface area contributed by atoms with Crippen molar-refractivity contribution in [2.24, 2.45) is 0 Å². The van der Waals surface area contributed by atoms with Gasteiger partial charge in [0.15, 0.2) is 0 Å². The van der Waals surface area contributed by atoms with Gasteiger partial charge >= 0.3 is 0 Å². The summed E-state index contributed by atoms with van der Waals surface area (Å²) in [6.45, 7) is 4.49. The van der Waals surface area contributed by atoms with E-state index < -0.39 is 0 Å². The Bertz CT molecular complexity index is 1480. The summed E-state index contributed by atoms with van der Waals surface area (Å²) in [6.07, 6.45) is 9.49. The summed E-state index contributed by atoms with van der Waals surface area (Å²) in [6, 6.07) is 18.5. The number of benzene rings is 2. The molecule has 7 heteroatoms. The highest BCUT2D eigenvalue weighted by atomic mass is 16.3. The lowest BCUT2D eigenvalue weighted by Crippen LogP contribution is -2.47. The minimum absolute atomic E-state index is 0.0916. The first-order chi connectivity index (χ1) is 17.7. The van der Waals surface area contributed by atoms with Crippen molar-refractivity contribution in [1.82, 2.24) is 23.9 Å². The maximum absolute atomic E-state index is 13.8. The number of hydrogen-bond donors (Lipinski definition) is 0. The molecule has 0 N–H and O–H groups in total. The standard InChI is InChI=1S/C29H29N5O2/c1-31-11-13-33(14-12-31)29(35)28-20-32(17-23-16-30-21-34(23)18-24-8-5-15-36-24)19-27(28)26-10-4-7-22-6-2-3-9-25(22)26/h2-10,15-16,19-21H,11-14,17-18H2,1H3. The number of piperazine rings is 1. The van der Waals surface area contributed by atoms with E-state index in [0.29, 0.717) is 13.1 Å². The number of carbonyl (C=O) groups excluding carboxylic acids is 1. The molecule has 0 unspecified atom stereocenters. The Hall–Kier alpha value is -4.10. The van der Waals surface area contributed by atoms with Crippen molar-refractivity contribution < 1.29 is 9.21 Å². The highest BCUT2D eigenvalue weighted by molar-refractivity contribution is 6.06. The molecule has 2 aromatic carbocycles. The highest BCUT2D eigenvalue weighted by Crippen LogP contribution is 2.33. The molecule has 7 nitrogen and oxygen atoms in total. The summed E-state index contributed by atoms with van der Waals surface area (Å²) in [7, 11) is 2.10. The molecule has 0 bridgehead atoms. The predicted octanol–water partition coefficient (Wildman–Crippen LogP) is 4.58. The van der Waals surface area contributed by atoms with Gasteiger partial charge in [-0.25, -0.2) is 4.98 Å². The smallest absolute Gasteiger partial charge is 0.256 e. The molecule has 0 atom stereocenters. The van der Waals surface area contributed by atoms with E-state index in [4.69, 9.17) is 4.42 Å². The summed E-state index contributed by atoms with van der Waals surface area (Å²) in [4.78, 5) is 22.4. The summed E-state index contributed by atoms with van der Waals surface area (Å²) in [5.41, 5.74) is 3.83. The van der Waals surface area contributed by atoms with E-state index in [0.717, 1.165) is 65.1 Å². The predicted molar refractivity (Wildman–Crippen MR) is 140 cm³/mol. The van der Waals surface area contributed by atoms with Gasteiger partial charge in [-0.2, -0.15) is 0 Å². The van der Waals surface area contributed by atoms with Crippen molar-refractivity contribution in [3.8, 4) is 11.1 Å². The van der Waals surface area contributed by atoms with Crippen LogP contribution in [-0.2, 0) is 13.1 Å². The van der Waals surface area contributed by atoms with Gasteiger partial charge in [0.25, 0.3) is 5.91 Å². The van der Waals surface area contributed by atoms with E-state index in [1.54, 1.807) is 6.26 Å². The molecule has 0 radical (unpaired) electrons. The van der Waals surface area contributed by atoms with Gasteiger partial charge in [0, 0.05) is 50.3 Å². The molecule has 1 fully saturated rings. The topological polar surface area (TPSA) is 59.4 Å². The van der Waals surface area contributed by atoms with Gasteiger partial charge in [0.1, 0.15) is 5.76 Å². The Morgan fingerprint density at radius 1 is 0.917 bits per heavy atom. The maximum atomic E-state index is 13.8. The van der Waals surface area contributed by atoms with Crippen molar-refractivity contribution in [3.05, 3.63) is 103 Å². The van der Waals surface area contributed by atoms with E-state index in [9.17, 15) is 4.79 Å². The Morgan fingerprint density at radius 2 is 1.75 bits per heavy atom. The molecule has 3 aromatic heterocycles. The van der Waals surface area contributed by atoms with Gasteiger partial charge in [-0.1, -0.05) is 42.5 Å². The van der Waals surface area contributed by atoms with Crippen LogP contribution in [0.3, 0.4) is 0 Å². The lowest BCUT2D eigenvalue weighted by Gasteiger charge is -2.32. The van der Waals surface area contributed by atoms with E-state index in [-0.39, 0.29) is 5.91 Å². The number of aromatic nitrogens is 3. The molecule has 5 aromatic rings. The number of furan rings is 1. The zero-order chi connectivity index (χ0) is 24.5. The molecule has 1 amide bonds. The number of likely N-dealkylation sites (N-methyl/N-ethyl adjacent to an activating group) is 1. The third kappa shape index (κ3) is 4.33. The first-order valence-electron chi connectivity index (χ1n) is 12.3. The third-order valence-electron chi connectivity index (χ3n) is 7.03. The molecule has 1 saturated heterocycles. The zero-order valence-corrected chi connectivity index (χ0v) is 20.4. The fraction of sp³-hybridized carbons (Fsp3) is 0.241. The Kier molecular flexibility index (Phi) is 5.91. The van der Waals surface area contributed by atoms with Crippen LogP contribution in [-0.4, -0.2) is 63.1 Å². The van der Waals surface area contributed by atoms with Gasteiger partial charge in [0.2, 0.25) is 0 Å². The fourth-order valence-electron chi connectivity index (χ4n) is 5.00. The number of fused-ring (bicyclic) bond motifs is 1. The van der Waals surface area contributed by atoms with Crippen molar-refractivity contribution in [1.29, 1.82) is 0 Å². The summed E-state index contributed by atoms with van der Waals surface area (Å²) in [5.74, 6) is 0.970. The number of hydrogen-bond acceptors (Lipinski definition) is 4. The molecule has 6 rings (SSSR count). The molecule has 0 aliphatic carbocycles. The van der Waals surface area contributed by atoms with E-state index >= 15 is 0 Å². The van der Waals surface area contributed by atoms with E-state index in [2.05, 4.69) is 68.7 Å². The SMILES string of the molecule is CN1CCN(C(=O)c2cn(Cc3cncn3Cc3ccco3)cc2-c2cccc3ccccc23)CC1. The van der Waals surface area contributed by atoms with E-state index in [1.165, 1.54) is 0 Å². The average molecular weight is 480 g/mol. The van der Waals surface area contributed by atoms with Gasteiger partial charge in [-0.15, -0.1) is 0 Å². The molecule has 182 valence electrons. The average Bonchev–Trinajstić information content (AvgIpc) is 3.67. The zero-order valence-electron chi connectivity index (χ0n) is 20.4. The second-order valence-corrected chi connectivity index (χ2v) is 9.47. The summed E-state index contributed by atoms with van der Waals surface area (Å²) >= 11 is 0. The highest BCUT2D eigenvalue weighted by Gasteiger charge is 2.25. The van der Waals surface area contributed by atoms with Crippen molar-refractivity contribution in [2.45, 2.75) is 13.1 Å². The molecule has 4 heterocycles. The lowest BCUT2D eigenvalue weighted by atomic mass is 9.97. The Morgan fingerprint density at radius 3 is 2.58 bits per heavy atom. The number of imidazole rings is 1. The van der Waals surface area contributed by atoms with Crippen molar-refractivity contribution in [3.63, 3.8) is 0 Å². The molecule has 1 aliphatic rings. The molecular formula is C29H29N5O2. The van der Waals surface area contributed by atoms with Crippen LogP contribution in [0.25, 0.3) is 21.9 Å². The second-order valence-electron chi connectivity index (χ2n) is 9.47. The van der Waals surface area contributed by atoms with Crippen LogP contribution in [0.15, 0.2) is 90.2 Å². The van der Waals surface area contributed by atoms with Gasteiger partial charge in [0.05, 0.1) is 36.9 Å². The largest absolute Gasteiger partial charge is 0.467 e. The van der Waals surface area contributed by atoms with Gasteiger partial charge < -0.3 is 23.4 Å². The van der Waals surface area contributed by atoms with Crippen molar-refractivity contribution in [2.75, 3.05) is 33.2 Å². The van der Waals surface area contributed by atoms with Crippen LogP contribution < -0.4 is 0 Å². The number of rotatable bonds is 6. The Balaban J connectivity index is 1.39. The monoisotopic (exact) mass is 479 g/mol. The first kappa shape index (κ1) is 22.4. The normalized spacial score (nSPS) is 14.5. The second kappa shape index (κ2) is 9.51. The Labute approximate surface area is 210 Å². The molecule has 0 saturated carbocycles.